The molecule has 2 aromatic carbocycles. The third-order valence-corrected chi connectivity index (χ3v) is 3.73. The van der Waals surface area contributed by atoms with Crippen LogP contribution in [0, 0.1) is 17.5 Å². The van der Waals surface area contributed by atoms with E-state index in [1.807, 2.05) is 10.6 Å². The Hall–Kier alpha value is -3.83. The molecule has 0 aliphatic rings. The Morgan fingerprint density at radius 1 is 0.969 bits per heavy atom. The van der Waals surface area contributed by atoms with Crippen molar-refractivity contribution in [1.82, 2.24) is 5.32 Å². The lowest BCUT2D eigenvalue weighted by atomic mass is 10.1. The Labute approximate surface area is 176 Å². The largest absolute Gasteiger partial charge is 0.452 e. The molecular weight excluding hydrogens is 446 g/mol. The Morgan fingerprint density at radius 2 is 1.69 bits per heavy atom. The number of ether oxygens (including phenoxy) is 1. The molecule has 0 fully saturated rings. The Balaban J connectivity index is 1.78. The van der Waals surface area contributed by atoms with Crippen molar-refractivity contribution in [2.75, 3.05) is 18.5 Å². The van der Waals surface area contributed by atoms with E-state index in [1.54, 1.807) is 0 Å². The number of benzene rings is 2. The van der Waals surface area contributed by atoms with Crippen LogP contribution in [0.4, 0.5) is 32.0 Å². The topological polar surface area (TPSA) is 84.5 Å². The second-order valence-electron chi connectivity index (χ2n) is 6.11. The summed E-state index contributed by atoms with van der Waals surface area (Å²) in [6.07, 6.45) is -2.69. The molecule has 6 nitrogen and oxygen atoms in total. The van der Waals surface area contributed by atoms with Gasteiger partial charge < -0.3 is 15.4 Å². The number of anilines is 1. The van der Waals surface area contributed by atoms with Crippen LogP contribution in [0.2, 0.25) is 0 Å². The maximum Gasteiger partial charge on any atom is 0.416 e. The van der Waals surface area contributed by atoms with Gasteiger partial charge in [-0.25, -0.2) is 18.0 Å². The number of amides is 2. The van der Waals surface area contributed by atoms with Gasteiger partial charge in [-0.3, -0.25) is 9.59 Å². The number of carbonyl (C=O) groups excluding carboxylic acids is 3. The highest BCUT2D eigenvalue weighted by Crippen LogP contribution is 2.29. The lowest BCUT2D eigenvalue weighted by Gasteiger charge is -2.08. The fourth-order valence-corrected chi connectivity index (χ4v) is 2.21. The Morgan fingerprint density at radius 3 is 2.38 bits per heavy atom. The smallest absolute Gasteiger partial charge is 0.416 e. The van der Waals surface area contributed by atoms with E-state index >= 15 is 0 Å². The molecule has 0 saturated heterocycles. The lowest BCUT2D eigenvalue weighted by molar-refractivity contribution is -0.143. The molecule has 0 aliphatic heterocycles. The summed E-state index contributed by atoms with van der Waals surface area (Å²) in [7, 11) is 0. The van der Waals surface area contributed by atoms with E-state index in [4.69, 9.17) is 0 Å². The summed E-state index contributed by atoms with van der Waals surface area (Å²) in [6.45, 7) is -1.52. The van der Waals surface area contributed by atoms with Crippen LogP contribution in [-0.2, 0) is 25.3 Å². The van der Waals surface area contributed by atoms with E-state index < -0.39 is 65.8 Å². The minimum Gasteiger partial charge on any atom is -0.452 e. The number of carbonyl (C=O) groups is 3. The molecule has 0 radical (unpaired) electrons. The van der Waals surface area contributed by atoms with Crippen LogP contribution in [0.25, 0.3) is 6.08 Å². The molecule has 0 aliphatic carbocycles. The van der Waals surface area contributed by atoms with E-state index in [-0.39, 0.29) is 5.56 Å². The molecule has 0 atom stereocenters. The molecule has 2 rings (SSSR count). The second kappa shape index (κ2) is 10.5. The Bertz CT molecular complexity index is 1050. The van der Waals surface area contributed by atoms with Gasteiger partial charge in [-0.15, -0.1) is 0 Å². The van der Waals surface area contributed by atoms with Gasteiger partial charge in [0.05, 0.1) is 17.8 Å². The molecule has 0 aromatic heterocycles. The molecule has 0 heterocycles. The van der Waals surface area contributed by atoms with Gasteiger partial charge in [0.1, 0.15) is 0 Å². The van der Waals surface area contributed by atoms with E-state index in [9.17, 15) is 40.7 Å². The average molecular weight is 460 g/mol. The highest BCUT2D eigenvalue weighted by molar-refractivity contribution is 5.95. The van der Waals surface area contributed by atoms with Gasteiger partial charge in [0.15, 0.2) is 24.1 Å². The molecular formula is C20H14F6N2O4. The number of esters is 1. The zero-order valence-corrected chi connectivity index (χ0v) is 15.9. The van der Waals surface area contributed by atoms with E-state index in [0.717, 1.165) is 36.4 Å². The van der Waals surface area contributed by atoms with Crippen molar-refractivity contribution < 1.29 is 45.5 Å². The van der Waals surface area contributed by atoms with Crippen molar-refractivity contribution in [3.05, 3.63) is 71.1 Å². The summed E-state index contributed by atoms with van der Waals surface area (Å²) < 4.78 is 81.9. The van der Waals surface area contributed by atoms with Crippen molar-refractivity contribution in [3.8, 4) is 0 Å². The van der Waals surface area contributed by atoms with Crippen molar-refractivity contribution in [1.29, 1.82) is 0 Å². The zero-order valence-electron chi connectivity index (χ0n) is 15.9. The first kappa shape index (κ1) is 24.4. The predicted molar refractivity (Wildman–Crippen MR) is 99.4 cm³/mol. The van der Waals surface area contributed by atoms with Crippen LogP contribution in [0.15, 0.2) is 42.5 Å². The first-order valence-electron chi connectivity index (χ1n) is 8.69. The highest BCUT2D eigenvalue weighted by atomic mass is 19.4. The fraction of sp³-hybridized carbons (Fsp3) is 0.150. The summed E-state index contributed by atoms with van der Waals surface area (Å²) in [5.74, 6) is -7.78. The first-order valence-corrected chi connectivity index (χ1v) is 8.69. The number of nitrogens with one attached hydrogen (secondary N) is 2. The van der Waals surface area contributed by atoms with Crippen molar-refractivity contribution in [3.63, 3.8) is 0 Å². The highest BCUT2D eigenvalue weighted by Gasteiger charge is 2.30. The number of hydrogen-bond donors (Lipinski definition) is 2. The summed E-state index contributed by atoms with van der Waals surface area (Å²) in [5, 5.41) is 3.95. The van der Waals surface area contributed by atoms with Gasteiger partial charge in [-0.1, -0.05) is 12.1 Å². The number of rotatable bonds is 7. The maximum atomic E-state index is 13.5. The lowest BCUT2D eigenvalue weighted by Crippen LogP contribution is -2.35. The standard InChI is InChI=1S/C20H14F6N2O4/c21-13-5-6-14(19(23)18(13)22)28-15(29)9-27-16(30)10-32-17(31)7-4-11-2-1-3-12(8-11)20(24,25)26/h1-8H,9-10H2,(H,27,30)(H,28,29)/b7-4+. The average Bonchev–Trinajstić information content (AvgIpc) is 2.75. The fourth-order valence-electron chi connectivity index (χ4n) is 2.21. The Kier molecular flexibility index (Phi) is 7.99. The van der Waals surface area contributed by atoms with E-state index in [2.05, 4.69) is 4.74 Å². The summed E-state index contributed by atoms with van der Waals surface area (Å²) in [4.78, 5) is 34.8. The van der Waals surface area contributed by atoms with Crippen molar-refractivity contribution in [2.24, 2.45) is 0 Å². The van der Waals surface area contributed by atoms with Crippen LogP contribution >= 0.6 is 0 Å². The number of halogens is 6. The van der Waals surface area contributed by atoms with E-state index in [0.29, 0.717) is 6.07 Å². The van der Waals surface area contributed by atoms with Crippen LogP contribution in [0.1, 0.15) is 11.1 Å². The van der Waals surface area contributed by atoms with Crippen molar-refractivity contribution in [2.45, 2.75) is 6.18 Å². The van der Waals surface area contributed by atoms with Crippen LogP contribution < -0.4 is 10.6 Å². The SMILES string of the molecule is O=C(COC(=O)/C=C/c1cccc(C(F)(F)F)c1)NCC(=O)Nc1ccc(F)c(F)c1F. The quantitative estimate of drug-likeness (QED) is 0.287. The summed E-state index contributed by atoms with van der Waals surface area (Å²) in [5.41, 5.74) is -1.48. The first-order chi connectivity index (χ1) is 15.0. The summed E-state index contributed by atoms with van der Waals surface area (Å²) in [6, 6.07) is 5.52. The number of hydrogen-bond acceptors (Lipinski definition) is 4. The van der Waals surface area contributed by atoms with Gasteiger partial charge in [0, 0.05) is 6.08 Å². The van der Waals surface area contributed by atoms with Crippen LogP contribution in [-0.4, -0.2) is 30.9 Å². The minimum atomic E-state index is -4.55. The summed E-state index contributed by atoms with van der Waals surface area (Å²) >= 11 is 0. The van der Waals surface area contributed by atoms with Gasteiger partial charge in [0.2, 0.25) is 5.91 Å². The molecule has 0 unspecified atom stereocenters. The van der Waals surface area contributed by atoms with Gasteiger partial charge >= 0.3 is 12.1 Å². The zero-order chi connectivity index (χ0) is 23.9. The number of alkyl halides is 3. The van der Waals surface area contributed by atoms with Crippen LogP contribution in [0.3, 0.4) is 0 Å². The molecule has 0 bridgehead atoms. The molecule has 2 aromatic rings. The minimum absolute atomic E-state index is 0.0716. The van der Waals surface area contributed by atoms with Gasteiger partial charge in [-0.2, -0.15) is 13.2 Å². The van der Waals surface area contributed by atoms with Gasteiger partial charge in [0.25, 0.3) is 5.91 Å². The molecule has 32 heavy (non-hydrogen) atoms. The third-order valence-electron chi connectivity index (χ3n) is 3.73. The molecule has 2 N–H and O–H groups in total. The van der Waals surface area contributed by atoms with Crippen LogP contribution in [0.5, 0.6) is 0 Å². The molecule has 2 amide bonds. The molecule has 0 spiro atoms. The normalized spacial score (nSPS) is 11.3. The van der Waals surface area contributed by atoms with Gasteiger partial charge in [-0.05, 0) is 35.9 Å². The van der Waals surface area contributed by atoms with Crippen molar-refractivity contribution >= 4 is 29.5 Å². The third kappa shape index (κ3) is 7.15. The monoisotopic (exact) mass is 460 g/mol. The molecule has 12 heteroatoms. The maximum absolute atomic E-state index is 13.5. The molecule has 170 valence electrons. The molecule has 0 saturated carbocycles. The second-order valence-corrected chi connectivity index (χ2v) is 6.11. The van der Waals surface area contributed by atoms with E-state index in [1.165, 1.54) is 6.07 Å². The predicted octanol–water partition coefficient (Wildman–Crippen LogP) is 3.43.